The molecule has 0 saturated carbocycles. The number of benzene rings is 1. The molecule has 0 spiro atoms. The van der Waals surface area contributed by atoms with E-state index in [1.807, 2.05) is 12.1 Å². The van der Waals surface area contributed by atoms with Crippen LogP contribution in [0.15, 0.2) is 24.4 Å². The summed E-state index contributed by atoms with van der Waals surface area (Å²) in [5.74, 6) is 0.731. The Morgan fingerprint density at radius 3 is 3.24 bits per heavy atom. The van der Waals surface area contributed by atoms with Gasteiger partial charge in [-0.05, 0) is 30.7 Å². The Morgan fingerprint density at radius 2 is 2.43 bits per heavy atom. The van der Waals surface area contributed by atoms with Crippen LogP contribution in [0.5, 0.6) is 5.75 Å². The van der Waals surface area contributed by atoms with E-state index in [4.69, 9.17) is 4.74 Å². The van der Waals surface area contributed by atoms with E-state index in [1.54, 1.807) is 13.1 Å². The van der Waals surface area contributed by atoms with Crippen molar-refractivity contribution in [1.82, 2.24) is 10.3 Å². The summed E-state index contributed by atoms with van der Waals surface area (Å²) in [7, 11) is 0. The van der Waals surface area contributed by atoms with Crippen molar-refractivity contribution < 1.29 is 14.6 Å². The summed E-state index contributed by atoms with van der Waals surface area (Å²) in [5, 5.41) is 12.7. The van der Waals surface area contributed by atoms with Gasteiger partial charge < -0.3 is 15.2 Å². The second-order valence-corrected chi connectivity index (χ2v) is 6.04. The molecule has 1 aromatic heterocycles. The third-order valence-corrected chi connectivity index (χ3v) is 4.27. The minimum atomic E-state index is -0.557. The van der Waals surface area contributed by atoms with Gasteiger partial charge in [-0.3, -0.25) is 4.79 Å². The molecular formula is C15H16N2O3S. The highest BCUT2D eigenvalue weighted by atomic mass is 32.1. The number of nitrogens with zero attached hydrogens (tertiary/aromatic N) is 1. The second kappa shape index (κ2) is 5.83. The summed E-state index contributed by atoms with van der Waals surface area (Å²) in [6.45, 7) is 2.59. The number of ether oxygens (including phenoxy) is 1. The Kier molecular flexibility index (Phi) is 3.90. The van der Waals surface area contributed by atoms with Gasteiger partial charge in [-0.25, -0.2) is 4.98 Å². The van der Waals surface area contributed by atoms with Gasteiger partial charge >= 0.3 is 0 Å². The number of thiazole rings is 1. The molecule has 1 unspecified atom stereocenters. The number of aromatic nitrogens is 1. The number of hydrogen-bond donors (Lipinski definition) is 2. The van der Waals surface area contributed by atoms with E-state index in [2.05, 4.69) is 16.4 Å². The lowest BCUT2D eigenvalue weighted by Crippen LogP contribution is -2.29. The van der Waals surface area contributed by atoms with Crippen LogP contribution in [-0.2, 0) is 6.42 Å². The number of nitrogens with one attached hydrogen (secondary N) is 1. The van der Waals surface area contributed by atoms with Crippen molar-refractivity contribution >= 4 is 17.2 Å². The summed E-state index contributed by atoms with van der Waals surface area (Å²) in [4.78, 5) is 16.8. The Morgan fingerprint density at radius 1 is 1.57 bits per heavy atom. The molecular weight excluding hydrogens is 288 g/mol. The fourth-order valence-corrected chi connectivity index (χ4v) is 2.99. The Hall–Kier alpha value is -1.92. The first-order valence-electron chi connectivity index (χ1n) is 6.81. The smallest absolute Gasteiger partial charge is 0.263 e. The average molecular weight is 304 g/mol. The Labute approximate surface area is 126 Å². The van der Waals surface area contributed by atoms with Crippen LogP contribution in [0, 0.1) is 0 Å². The van der Waals surface area contributed by atoms with Gasteiger partial charge in [0.1, 0.15) is 15.6 Å². The topological polar surface area (TPSA) is 71.5 Å². The van der Waals surface area contributed by atoms with Crippen molar-refractivity contribution in [3.05, 3.63) is 34.8 Å². The van der Waals surface area contributed by atoms with Crippen LogP contribution in [0.25, 0.3) is 10.6 Å². The Bertz CT molecular complexity index is 667. The number of fused-ring (bicyclic) bond motifs is 1. The molecule has 0 fully saturated rings. The largest absolute Gasteiger partial charge is 0.493 e. The molecule has 2 aromatic rings. The van der Waals surface area contributed by atoms with Crippen LogP contribution in [0.1, 0.15) is 22.2 Å². The maximum atomic E-state index is 11.9. The lowest BCUT2D eigenvalue weighted by molar-refractivity contribution is 0.0928. The predicted octanol–water partition coefficient (Wildman–Crippen LogP) is 1.86. The van der Waals surface area contributed by atoms with E-state index in [-0.39, 0.29) is 12.5 Å². The van der Waals surface area contributed by atoms with E-state index in [1.165, 1.54) is 16.9 Å². The van der Waals surface area contributed by atoms with E-state index in [0.29, 0.717) is 4.88 Å². The highest BCUT2D eigenvalue weighted by Crippen LogP contribution is 2.32. The van der Waals surface area contributed by atoms with Crippen molar-refractivity contribution in [3.63, 3.8) is 0 Å². The zero-order valence-corrected chi connectivity index (χ0v) is 12.4. The summed E-state index contributed by atoms with van der Waals surface area (Å²) in [5.41, 5.74) is 2.18. The molecule has 5 nitrogen and oxygen atoms in total. The van der Waals surface area contributed by atoms with Gasteiger partial charge in [0.25, 0.3) is 5.91 Å². The third-order valence-electron chi connectivity index (χ3n) is 3.22. The number of carbonyl (C=O) groups excluding carboxylic acids is 1. The fraction of sp³-hybridized carbons (Fsp3) is 0.333. The second-order valence-electron chi connectivity index (χ2n) is 5.01. The normalized spacial score (nSPS) is 14.4. The summed E-state index contributed by atoms with van der Waals surface area (Å²) >= 11 is 1.35. The highest BCUT2D eigenvalue weighted by molar-refractivity contribution is 7.16. The third kappa shape index (κ3) is 3.06. The minimum Gasteiger partial charge on any atom is -0.493 e. The molecule has 2 N–H and O–H groups in total. The van der Waals surface area contributed by atoms with Gasteiger partial charge in [-0.1, -0.05) is 0 Å². The number of aliphatic hydroxyl groups excluding tert-OH is 1. The number of aliphatic hydroxyl groups is 1. The molecule has 1 aliphatic rings. The zero-order chi connectivity index (χ0) is 14.8. The van der Waals surface area contributed by atoms with Crippen LogP contribution in [0.3, 0.4) is 0 Å². The molecule has 3 rings (SSSR count). The van der Waals surface area contributed by atoms with Gasteiger partial charge in [0.05, 0.1) is 18.9 Å². The van der Waals surface area contributed by atoms with Gasteiger partial charge in [0.15, 0.2) is 0 Å². The molecule has 2 heterocycles. The average Bonchev–Trinajstić information content (AvgIpc) is 3.12. The summed E-state index contributed by atoms with van der Waals surface area (Å²) in [6.07, 6.45) is 1.93. The first-order chi connectivity index (χ1) is 10.1. The van der Waals surface area contributed by atoms with Gasteiger partial charge in [-0.15, -0.1) is 11.3 Å². The lowest BCUT2D eigenvalue weighted by Gasteiger charge is -2.04. The molecule has 21 heavy (non-hydrogen) atoms. The molecule has 1 aromatic carbocycles. The van der Waals surface area contributed by atoms with E-state index in [9.17, 15) is 9.90 Å². The van der Waals surface area contributed by atoms with E-state index < -0.39 is 6.10 Å². The van der Waals surface area contributed by atoms with Crippen molar-refractivity contribution in [2.24, 2.45) is 0 Å². The molecule has 1 amide bonds. The molecule has 1 atom stereocenters. The van der Waals surface area contributed by atoms with Crippen LogP contribution >= 0.6 is 11.3 Å². The molecule has 6 heteroatoms. The maximum Gasteiger partial charge on any atom is 0.263 e. The lowest BCUT2D eigenvalue weighted by atomic mass is 10.1. The van der Waals surface area contributed by atoms with Gasteiger partial charge in [0, 0.05) is 18.5 Å². The first kappa shape index (κ1) is 14.0. The van der Waals surface area contributed by atoms with Crippen LogP contribution in [0.2, 0.25) is 0 Å². The number of rotatable bonds is 4. The van der Waals surface area contributed by atoms with Crippen LogP contribution < -0.4 is 10.1 Å². The van der Waals surface area contributed by atoms with Crippen LogP contribution in [-0.4, -0.2) is 35.3 Å². The summed E-state index contributed by atoms with van der Waals surface area (Å²) < 4.78 is 5.48. The van der Waals surface area contributed by atoms with Crippen molar-refractivity contribution in [1.29, 1.82) is 0 Å². The van der Waals surface area contributed by atoms with Crippen molar-refractivity contribution in [3.8, 4) is 16.3 Å². The quantitative estimate of drug-likeness (QED) is 0.904. The number of amides is 1. The molecule has 1 aliphatic heterocycles. The fourth-order valence-electron chi connectivity index (χ4n) is 2.16. The van der Waals surface area contributed by atoms with Crippen LogP contribution in [0.4, 0.5) is 0 Å². The monoisotopic (exact) mass is 304 g/mol. The number of hydrogen-bond acceptors (Lipinski definition) is 5. The van der Waals surface area contributed by atoms with E-state index >= 15 is 0 Å². The maximum absolute atomic E-state index is 11.9. The molecule has 0 aliphatic carbocycles. The zero-order valence-electron chi connectivity index (χ0n) is 11.6. The standard InChI is InChI=1S/C15H16N2O3S/c1-9(18)7-16-14(19)13-8-17-15(21-13)11-2-3-12-10(6-11)4-5-20-12/h2-3,6,8-9,18H,4-5,7H2,1H3,(H,16,19). The Balaban J connectivity index is 1.77. The molecule has 0 saturated heterocycles. The van der Waals surface area contributed by atoms with Gasteiger partial charge in [0.2, 0.25) is 0 Å². The predicted molar refractivity (Wildman–Crippen MR) is 80.8 cm³/mol. The first-order valence-corrected chi connectivity index (χ1v) is 7.63. The SMILES string of the molecule is CC(O)CNC(=O)c1cnc(-c2ccc3c(c2)CCO3)s1. The molecule has 0 bridgehead atoms. The molecule has 110 valence electrons. The highest BCUT2D eigenvalue weighted by Gasteiger charge is 2.16. The van der Waals surface area contributed by atoms with Crippen molar-refractivity contribution in [2.75, 3.05) is 13.2 Å². The summed E-state index contributed by atoms with van der Waals surface area (Å²) in [6, 6.07) is 5.98. The minimum absolute atomic E-state index is 0.204. The number of carbonyl (C=O) groups is 1. The van der Waals surface area contributed by atoms with Gasteiger partial charge in [-0.2, -0.15) is 0 Å². The van der Waals surface area contributed by atoms with E-state index in [0.717, 1.165) is 29.3 Å². The van der Waals surface area contributed by atoms with Crippen molar-refractivity contribution in [2.45, 2.75) is 19.4 Å². The molecule has 0 radical (unpaired) electrons.